The summed E-state index contributed by atoms with van der Waals surface area (Å²) in [6.07, 6.45) is 1.78. The van der Waals surface area contributed by atoms with Crippen molar-refractivity contribution in [3.63, 3.8) is 0 Å². The molecule has 1 amide bonds. The van der Waals surface area contributed by atoms with Gasteiger partial charge in [-0.1, -0.05) is 43.7 Å². The molecule has 1 fully saturated rings. The molecule has 0 aromatic heterocycles. The van der Waals surface area contributed by atoms with Gasteiger partial charge >= 0.3 is 5.97 Å². The number of benzene rings is 1. The molecule has 1 atom stereocenters. The first-order chi connectivity index (χ1) is 13.6. The van der Waals surface area contributed by atoms with Gasteiger partial charge in [-0.2, -0.15) is 5.26 Å². The number of esters is 1. The van der Waals surface area contributed by atoms with Crippen molar-refractivity contribution in [2.75, 3.05) is 24.7 Å². The second-order valence-electron chi connectivity index (χ2n) is 7.65. The maximum Gasteiger partial charge on any atom is 0.349 e. The summed E-state index contributed by atoms with van der Waals surface area (Å²) >= 11 is 0. The van der Waals surface area contributed by atoms with Crippen molar-refractivity contribution < 1.29 is 22.7 Å². The van der Waals surface area contributed by atoms with Crippen LogP contribution >= 0.6 is 0 Å². The molecule has 0 spiro atoms. The van der Waals surface area contributed by atoms with Crippen LogP contribution in [-0.2, 0) is 24.2 Å². The summed E-state index contributed by atoms with van der Waals surface area (Å²) in [6.45, 7) is 5.62. The van der Waals surface area contributed by atoms with Crippen LogP contribution in [0.15, 0.2) is 29.8 Å². The molecule has 29 heavy (non-hydrogen) atoms. The summed E-state index contributed by atoms with van der Waals surface area (Å²) in [7, 11) is -3.15. The van der Waals surface area contributed by atoms with E-state index in [0.29, 0.717) is 18.5 Å². The first-order valence-electron chi connectivity index (χ1n) is 9.47. The van der Waals surface area contributed by atoms with Gasteiger partial charge in [-0.15, -0.1) is 0 Å². The molecule has 0 bridgehead atoms. The van der Waals surface area contributed by atoms with Crippen molar-refractivity contribution in [2.45, 2.75) is 33.2 Å². The van der Waals surface area contributed by atoms with Gasteiger partial charge in [-0.25, -0.2) is 13.2 Å². The Bertz CT molecular complexity index is 927. The van der Waals surface area contributed by atoms with E-state index in [-0.39, 0.29) is 23.0 Å². The lowest BCUT2D eigenvalue weighted by Crippen LogP contribution is -2.45. The number of carbonyl (C=O) groups excluding carboxylic acids is 2. The smallest absolute Gasteiger partial charge is 0.349 e. The van der Waals surface area contributed by atoms with Crippen molar-refractivity contribution in [1.29, 1.82) is 5.26 Å². The number of hydrogen-bond acceptors (Lipinski definition) is 6. The minimum absolute atomic E-state index is 0.0528. The Labute approximate surface area is 171 Å². The van der Waals surface area contributed by atoms with Crippen LogP contribution in [0.2, 0.25) is 0 Å². The van der Waals surface area contributed by atoms with E-state index in [0.717, 1.165) is 5.56 Å². The van der Waals surface area contributed by atoms with E-state index in [1.54, 1.807) is 18.2 Å². The number of aryl methyl sites for hydroxylation is 1. The largest absolute Gasteiger partial charge is 0.451 e. The zero-order valence-electron chi connectivity index (χ0n) is 16.9. The summed E-state index contributed by atoms with van der Waals surface area (Å²) < 4.78 is 28.6. The molecule has 0 unspecified atom stereocenters. The van der Waals surface area contributed by atoms with Crippen molar-refractivity contribution in [3.05, 3.63) is 41.0 Å². The van der Waals surface area contributed by atoms with E-state index < -0.39 is 34.4 Å². The van der Waals surface area contributed by atoms with Crippen LogP contribution < -0.4 is 0 Å². The molecular formula is C21H26N2O5S. The highest BCUT2D eigenvalue weighted by Crippen LogP contribution is 2.19. The summed E-state index contributed by atoms with van der Waals surface area (Å²) in [5.41, 5.74) is 1.52. The molecule has 1 heterocycles. The van der Waals surface area contributed by atoms with Crippen LogP contribution in [0.1, 0.15) is 31.4 Å². The molecule has 156 valence electrons. The highest BCUT2D eigenvalue weighted by atomic mass is 32.2. The average molecular weight is 419 g/mol. The van der Waals surface area contributed by atoms with E-state index in [4.69, 9.17) is 4.74 Å². The molecular weight excluding hydrogens is 392 g/mol. The number of sulfone groups is 1. The molecule has 1 aromatic rings. The van der Waals surface area contributed by atoms with Crippen molar-refractivity contribution in [2.24, 2.45) is 5.92 Å². The maximum atomic E-state index is 12.6. The number of nitriles is 1. The normalized spacial score (nSPS) is 18.3. The SMILES string of the molecule is Cc1ccc(/C=C(\C#N)C(=O)OCC(=O)N(CC(C)C)[C@@H]2CCS(=O)(=O)C2)cc1. The standard InChI is InChI=1S/C21H26N2O5S/c1-15(2)12-23(19-8-9-29(26,27)14-19)20(24)13-28-21(25)18(11-22)10-17-6-4-16(3)5-7-17/h4-7,10,15,19H,8-9,12-14H2,1-3H3/b18-10+/t19-/m1/s1. The number of rotatable bonds is 7. The lowest BCUT2D eigenvalue weighted by Gasteiger charge is -2.29. The zero-order chi connectivity index (χ0) is 21.6. The molecule has 0 aliphatic carbocycles. The van der Waals surface area contributed by atoms with Crippen LogP contribution in [0.5, 0.6) is 0 Å². The van der Waals surface area contributed by atoms with Crippen LogP contribution in [0.4, 0.5) is 0 Å². The first kappa shape index (κ1) is 22.6. The van der Waals surface area contributed by atoms with Crippen LogP contribution in [0.3, 0.4) is 0 Å². The van der Waals surface area contributed by atoms with Gasteiger partial charge in [-0.3, -0.25) is 4.79 Å². The van der Waals surface area contributed by atoms with Crippen LogP contribution in [-0.4, -0.2) is 55.9 Å². The summed E-state index contributed by atoms with van der Waals surface area (Å²) in [5, 5.41) is 9.25. The fourth-order valence-electron chi connectivity index (χ4n) is 3.12. The van der Waals surface area contributed by atoms with Crippen molar-refractivity contribution in [3.8, 4) is 6.07 Å². The third-order valence-electron chi connectivity index (χ3n) is 4.59. The molecule has 2 rings (SSSR count). The topological polar surface area (TPSA) is 105 Å². The maximum absolute atomic E-state index is 12.6. The molecule has 0 radical (unpaired) electrons. The van der Waals surface area contributed by atoms with E-state index in [9.17, 15) is 23.3 Å². The fourth-order valence-corrected chi connectivity index (χ4v) is 4.85. The zero-order valence-corrected chi connectivity index (χ0v) is 17.7. The van der Waals surface area contributed by atoms with Gasteiger partial charge in [0.1, 0.15) is 11.6 Å². The monoisotopic (exact) mass is 418 g/mol. The number of amides is 1. The second-order valence-corrected chi connectivity index (χ2v) is 9.88. The van der Waals surface area contributed by atoms with Gasteiger partial charge in [0.25, 0.3) is 5.91 Å². The predicted octanol–water partition coefficient (Wildman–Crippen LogP) is 2.12. The number of carbonyl (C=O) groups is 2. The fraction of sp³-hybridized carbons (Fsp3) is 0.476. The Balaban J connectivity index is 2.04. The van der Waals surface area contributed by atoms with E-state index in [1.165, 1.54) is 11.0 Å². The number of nitrogens with zero attached hydrogens (tertiary/aromatic N) is 2. The Morgan fingerprint density at radius 1 is 1.31 bits per heavy atom. The summed E-state index contributed by atoms with van der Waals surface area (Å²) in [5.74, 6) is -1.23. The van der Waals surface area contributed by atoms with Gasteiger partial charge in [0, 0.05) is 12.6 Å². The molecule has 1 aliphatic rings. The Hall–Kier alpha value is -2.66. The Morgan fingerprint density at radius 3 is 2.48 bits per heavy atom. The Morgan fingerprint density at radius 2 is 1.97 bits per heavy atom. The quantitative estimate of drug-likeness (QED) is 0.382. The average Bonchev–Trinajstić information content (AvgIpc) is 3.02. The van der Waals surface area contributed by atoms with Crippen LogP contribution in [0.25, 0.3) is 6.08 Å². The van der Waals surface area contributed by atoms with Gasteiger partial charge in [0.05, 0.1) is 11.5 Å². The molecule has 8 heteroatoms. The number of hydrogen-bond donors (Lipinski definition) is 0. The first-order valence-corrected chi connectivity index (χ1v) is 11.3. The minimum Gasteiger partial charge on any atom is -0.451 e. The Kier molecular flexibility index (Phi) is 7.57. The van der Waals surface area contributed by atoms with E-state index in [1.807, 2.05) is 32.9 Å². The summed E-state index contributed by atoms with van der Waals surface area (Å²) in [4.78, 5) is 26.4. The predicted molar refractivity (Wildman–Crippen MR) is 109 cm³/mol. The number of ether oxygens (including phenoxy) is 1. The van der Waals surface area contributed by atoms with E-state index in [2.05, 4.69) is 0 Å². The molecule has 1 aromatic carbocycles. The highest BCUT2D eigenvalue weighted by molar-refractivity contribution is 7.91. The molecule has 1 saturated heterocycles. The highest BCUT2D eigenvalue weighted by Gasteiger charge is 2.35. The van der Waals surface area contributed by atoms with Gasteiger partial charge < -0.3 is 9.64 Å². The third kappa shape index (κ3) is 6.71. The molecule has 7 nitrogen and oxygen atoms in total. The minimum atomic E-state index is -3.15. The van der Waals surface area contributed by atoms with Gasteiger partial charge in [0.15, 0.2) is 16.4 Å². The van der Waals surface area contributed by atoms with E-state index >= 15 is 0 Å². The van der Waals surface area contributed by atoms with Gasteiger partial charge in [0.2, 0.25) is 0 Å². The van der Waals surface area contributed by atoms with Crippen LogP contribution in [0, 0.1) is 24.2 Å². The third-order valence-corrected chi connectivity index (χ3v) is 6.34. The van der Waals surface area contributed by atoms with Crippen molar-refractivity contribution >= 4 is 27.8 Å². The second kappa shape index (κ2) is 9.70. The molecule has 0 saturated carbocycles. The van der Waals surface area contributed by atoms with Gasteiger partial charge in [-0.05, 0) is 30.9 Å². The summed E-state index contributed by atoms with van der Waals surface area (Å²) in [6, 6.07) is 8.65. The lowest BCUT2D eigenvalue weighted by molar-refractivity contribution is -0.149. The lowest BCUT2D eigenvalue weighted by atomic mass is 10.1. The molecule has 1 aliphatic heterocycles. The van der Waals surface area contributed by atoms with Crippen molar-refractivity contribution in [1.82, 2.24) is 4.90 Å². The molecule has 0 N–H and O–H groups in total.